The van der Waals surface area contributed by atoms with E-state index in [1.807, 2.05) is 0 Å². The fourth-order valence-corrected chi connectivity index (χ4v) is 2.55. The predicted molar refractivity (Wildman–Crippen MR) is 68.6 cm³/mol. The number of nitrogens with one attached hydrogen (secondary N) is 1. The third kappa shape index (κ3) is 4.43. The molecule has 0 bridgehead atoms. The summed E-state index contributed by atoms with van der Waals surface area (Å²) in [6, 6.07) is 2.28. The molecule has 6 nitrogen and oxygen atoms in total. The van der Waals surface area contributed by atoms with E-state index in [0.717, 1.165) is 6.07 Å². The van der Waals surface area contributed by atoms with Gasteiger partial charge in [0.2, 0.25) is 10.0 Å². The van der Waals surface area contributed by atoms with Gasteiger partial charge in [0.1, 0.15) is 5.82 Å². The Kier molecular flexibility index (Phi) is 5.67. The molecule has 0 amide bonds. The number of sulfonamides is 1. The van der Waals surface area contributed by atoms with Gasteiger partial charge in [-0.3, -0.25) is 0 Å². The van der Waals surface area contributed by atoms with Gasteiger partial charge in [-0.15, -0.1) is 0 Å². The monoisotopic (exact) mass is 292 g/mol. The number of hydrogen-bond acceptors (Lipinski definition) is 5. The largest absolute Gasteiger partial charge is 0.396 e. The van der Waals surface area contributed by atoms with E-state index in [9.17, 15) is 12.8 Å². The van der Waals surface area contributed by atoms with Crippen LogP contribution in [-0.4, -0.2) is 39.9 Å². The summed E-state index contributed by atoms with van der Waals surface area (Å²) < 4.78 is 44.3. The van der Waals surface area contributed by atoms with E-state index >= 15 is 0 Å². The van der Waals surface area contributed by atoms with Gasteiger partial charge in [-0.2, -0.15) is 0 Å². The van der Waals surface area contributed by atoms with Crippen LogP contribution < -0.4 is 10.5 Å². The van der Waals surface area contributed by atoms with Gasteiger partial charge in [-0.05, 0) is 24.6 Å². The van der Waals surface area contributed by atoms with Gasteiger partial charge < -0.3 is 15.6 Å². The zero-order valence-corrected chi connectivity index (χ0v) is 11.3. The molecule has 1 rings (SSSR count). The smallest absolute Gasteiger partial charge is 0.240 e. The normalized spacial score (nSPS) is 11.7. The Bertz CT molecular complexity index is 510. The number of hydrogen-bond donors (Lipinski definition) is 3. The second-order valence-corrected chi connectivity index (χ2v) is 5.64. The van der Waals surface area contributed by atoms with Crippen molar-refractivity contribution in [2.45, 2.75) is 11.8 Å². The maximum Gasteiger partial charge on any atom is 0.240 e. The Balaban J connectivity index is 2.72. The maximum atomic E-state index is 13.3. The topological polar surface area (TPSA) is 102 Å². The summed E-state index contributed by atoms with van der Waals surface area (Å²) in [6.07, 6.45) is 0. The lowest BCUT2D eigenvalue weighted by molar-refractivity contribution is 0.0961. The van der Waals surface area contributed by atoms with Crippen molar-refractivity contribution in [3.05, 3.63) is 23.5 Å². The van der Waals surface area contributed by atoms with Crippen LogP contribution >= 0.6 is 0 Å². The van der Waals surface area contributed by atoms with E-state index < -0.39 is 15.8 Å². The van der Waals surface area contributed by atoms with Crippen molar-refractivity contribution < 1.29 is 22.7 Å². The molecule has 0 unspecified atom stereocenters. The first kappa shape index (κ1) is 15.8. The molecule has 1 aromatic rings. The molecule has 108 valence electrons. The highest BCUT2D eigenvalue weighted by Crippen LogP contribution is 2.20. The van der Waals surface area contributed by atoms with Crippen molar-refractivity contribution in [3.8, 4) is 0 Å². The number of aryl methyl sites for hydroxylation is 1. The van der Waals surface area contributed by atoms with E-state index in [4.69, 9.17) is 15.6 Å². The summed E-state index contributed by atoms with van der Waals surface area (Å²) in [5.41, 5.74) is 5.35. The second-order valence-electron chi connectivity index (χ2n) is 3.88. The molecule has 8 heteroatoms. The second kappa shape index (κ2) is 6.80. The minimum atomic E-state index is -3.75. The SMILES string of the molecule is Cc1cc(S(=O)(=O)NCCOCCO)cc(N)c1F. The van der Waals surface area contributed by atoms with Crippen molar-refractivity contribution >= 4 is 15.7 Å². The minimum absolute atomic E-state index is 0.0542. The molecule has 0 aliphatic heterocycles. The fraction of sp³-hybridized carbons (Fsp3) is 0.455. The third-order valence-electron chi connectivity index (χ3n) is 2.34. The highest BCUT2D eigenvalue weighted by Gasteiger charge is 2.16. The molecule has 0 aromatic heterocycles. The molecular weight excluding hydrogens is 275 g/mol. The van der Waals surface area contributed by atoms with E-state index in [2.05, 4.69) is 4.72 Å². The average molecular weight is 292 g/mol. The number of aliphatic hydroxyl groups is 1. The van der Waals surface area contributed by atoms with Crippen LogP contribution in [0.3, 0.4) is 0 Å². The molecular formula is C11H17FN2O4S. The van der Waals surface area contributed by atoms with Crippen LogP contribution in [0.1, 0.15) is 5.56 Å². The van der Waals surface area contributed by atoms with Crippen LogP contribution in [0.5, 0.6) is 0 Å². The molecule has 0 saturated carbocycles. The van der Waals surface area contributed by atoms with Gasteiger partial charge in [0.05, 0.1) is 30.4 Å². The molecule has 0 aliphatic carbocycles. The Morgan fingerprint density at radius 2 is 2.11 bits per heavy atom. The van der Waals surface area contributed by atoms with E-state index in [0.29, 0.717) is 0 Å². The summed E-state index contributed by atoms with van der Waals surface area (Å²) in [5.74, 6) is -0.620. The predicted octanol–water partition coefficient (Wildman–Crippen LogP) is 0.00352. The molecule has 0 aliphatic rings. The van der Waals surface area contributed by atoms with Gasteiger partial charge >= 0.3 is 0 Å². The van der Waals surface area contributed by atoms with Crippen molar-refractivity contribution in [2.75, 3.05) is 32.1 Å². The zero-order valence-electron chi connectivity index (χ0n) is 10.5. The highest BCUT2D eigenvalue weighted by atomic mass is 32.2. The number of nitrogen functional groups attached to an aromatic ring is 1. The summed E-state index contributed by atoms with van der Waals surface area (Å²) >= 11 is 0. The number of aliphatic hydroxyl groups excluding tert-OH is 1. The average Bonchev–Trinajstić information content (AvgIpc) is 2.35. The van der Waals surface area contributed by atoms with E-state index in [-0.39, 0.29) is 42.5 Å². The molecule has 19 heavy (non-hydrogen) atoms. The molecule has 0 spiro atoms. The van der Waals surface area contributed by atoms with Crippen LogP contribution in [0.2, 0.25) is 0 Å². The lowest BCUT2D eigenvalue weighted by atomic mass is 10.2. The first-order chi connectivity index (χ1) is 8.88. The number of benzene rings is 1. The fourth-order valence-electron chi connectivity index (χ4n) is 1.42. The first-order valence-corrected chi connectivity index (χ1v) is 7.10. The number of nitrogens with two attached hydrogens (primary N) is 1. The van der Waals surface area contributed by atoms with Crippen molar-refractivity contribution in [2.24, 2.45) is 0 Å². The van der Waals surface area contributed by atoms with Crippen LogP contribution in [-0.2, 0) is 14.8 Å². The number of halogens is 1. The van der Waals surface area contributed by atoms with Gasteiger partial charge in [-0.25, -0.2) is 17.5 Å². The minimum Gasteiger partial charge on any atom is -0.396 e. The number of rotatable bonds is 7. The number of ether oxygens (including phenoxy) is 1. The lowest BCUT2D eigenvalue weighted by Gasteiger charge is -2.09. The van der Waals surface area contributed by atoms with Gasteiger partial charge in [-0.1, -0.05) is 0 Å². The molecule has 0 heterocycles. The maximum absolute atomic E-state index is 13.3. The molecule has 0 saturated heterocycles. The Morgan fingerprint density at radius 1 is 1.42 bits per heavy atom. The van der Waals surface area contributed by atoms with Crippen molar-refractivity contribution in [3.63, 3.8) is 0 Å². The van der Waals surface area contributed by atoms with Crippen molar-refractivity contribution in [1.82, 2.24) is 4.72 Å². The van der Waals surface area contributed by atoms with Gasteiger partial charge in [0.25, 0.3) is 0 Å². The highest BCUT2D eigenvalue weighted by molar-refractivity contribution is 7.89. The van der Waals surface area contributed by atoms with E-state index in [1.165, 1.54) is 13.0 Å². The molecule has 0 fully saturated rings. The van der Waals surface area contributed by atoms with Crippen LogP contribution in [0.4, 0.5) is 10.1 Å². The number of anilines is 1. The Morgan fingerprint density at radius 3 is 2.68 bits per heavy atom. The summed E-state index contributed by atoms with van der Waals surface area (Å²) in [4.78, 5) is -0.0916. The Labute approximate surface area is 111 Å². The molecule has 1 aromatic carbocycles. The summed E-state index contributed by atoms with van der Waals surface area (Å²) in [6.45, 7) is 1.65. The van der Waals surface area contributed by atoms with E-state index in [1.54, 1.807) is 0 Å². The molecule has 0 radical (unpaired) electrons. The summed E-state index contributed by atoms with van der Waals surface area (Å²) in [5, 5.41) is 8.48. The van der Waals surface area contributed by atoms with Crippen LogP contribution in [0.15, 0.2) is 17.0 Å². The van der Waals surface area contributed by atoms with Crippen LogP contribution in [0.25, 0.3) is 0 Å². The molecule has 4 N–H and O–H groups in total. The standard InChI is InChI=1S/C11H17FN2O4S/c1-8-6-9(7-10(13)11(8)12)19(16,17)14-2-4-18-5-3-15/h6-7,14-15H,2-5,13H2,1H3. The molecule has 0 atom stereocenters. The quantitative estimate of drug-likeness (QED) is 0.485. The van der Waals surface area contributed by atoms with Crippen molar-refractivity contribution in [1.29, 1.82) is 0 Å². The first-order valence-electron chi connectivity index (χ1n) is 5.62. The summed E-state index contributed by atoms with van der Waals surface area (Å²) in [7, 11) is -3.75. The third-order valence-corrected chi connectivity index (χ3v) is 3.78. The van der Waals surface area contributed by atoms with Gasteiger partial charge in [0, 0.05) is 6.54 Å². The van der Waals surface area contributed by atoms with Crippen LogP contribution in [0, 0.1) is 12.7 Å². The lowest BCUT2D eigenvalue weighted by Crippen LogP contribution is -2.28. The Hall–Kier alpha value is -1.22. The zero-order chi connectivity index (χ0) is 14.5. The van der Waals surface area contributed by atoms with Gasteiger partial charge in [0.15, 0.2) is 0 Å².